The van der Waals surface area contributed by atoms with Gasteiger partial charge in [-0.3, -0.25) is 4.79 Å². The molecule has 30 heavy (non-hydrogen) atoms. The molecule has 2 aromatic carbocycles. The molecule has 162 valence electrons. The van der Waals surface area contributed by atoms with Crippen LogP contribution in [0.4, 0.5) is 13.2 Å². The van der Waals surface area contributed by atoms with E-state index in [0.717, 1.165) is 12.1 Å². The van der Waals surface area contributed by atoms with Gasteiger partial charge in [0.25, 0.3) is 5.91 Å². The molecule has 0 bridgehead atoms. The largest absolute Gasteiger partial charge is 0.484 e. The summed E-state index contributed by atoms with van der Waals surface area (Å²) in [6.45, 7) is 0.0196. The molecular weight excluding hydrogens is 445 g/mol. The minimum atomic E-state index is -4.51. The molecule has 11 heteroatoms. The summed E-state index contributed by atoms with van der Waals surface area (Å²) >= 11 is 5.86. The number of nitrogens with zero attached hydrogens (tertiary/aromatic N) is 2. The van der Waals surface area contributed by atoms with Crippen LogP contribution in [0, 0.1) is 0 Å². The Morgan fingerprint density at radius 2 is 1.70 bits per heavy atom. The van der Waals surface area contributed by atoms with Gasteiger partial charge in [0.2, 0.25) is 10.0 Å². The number of carbonyl (C=O) groups is 1. The predicted octanol–water partition coefficient (Wildman–Crippen LogP) is 3.27. The minimum Gasteiger partial charge on any atom is -0.484 e. The summed E-state index contributed by atoms with van der Waals surface area (Å²) in [6.07, 6.45) is -4.51. The van der Waals surface area contributed by atoms with Crippen LogP contribution in [-0.2, 0) is 21.0 Å². The lowest BCUT2D eigenvalue weighted by Gasteiger charge is -2.34. The van der Waals surface area contributed by atoms with Crippen molar-refractivity contribution in [3.05, 3.63) is 59.1 Å². The van der Waals surface area contributed by atoms with Crippen molar-refractivity contribution in [2.24, 2.45) is 0 Å². The first kappa shape index (κ1) is 22.4. The van der Waals surface area contributed by atoms with Crippen LogP contribution < -0.4 is 4.74 Å². The Bertz CT molecular complexity index is 1020. The summed E-state index contributed by atoms with van der Waals surface area (Å²) in [5.41, 5.74) is -0.868. The zero-order chi connectivity index (χ0) is 21.9. The Morgan fingerprint density at radius 1 is 1.03 bits per heavy atom. The van der Waals surface area contributed by atoms with Gasteiger partial charge in [-0.25, -0.2) is 8.42 Å². The number of sulfonamides is 1. The Kier molecular flexibility index (Phi) is 6.59. The molecule has 3 rings (SSSR count). The highest BCUT2D eigenvalue weighted by atomic mass is 35.5. The molecule has 2 aromatic rings. The number of hydrogen-bond donors (Lipinski definition) is 0. The van der Waals surface area contributed by atoms with E-state index in [2.05, 4.69) is 0 Å². The van der Waals surface area contributed by atoms with E-state index < -0.39 is 34.3 Å². The van der Waals surface area contributed by atoms with Crippen LogP contribution in [0.15, 0.2) is 53.4 Å². The third-order valence-electron chi connectivity index (χ3n) is 4.55. The predicted molar refractivity (Wildman–Crippen MR) is 104 cm³/mol. The molecule has 1 aliphatic rings. The number of hydrogen-bond acceptors (Lipinski definition) is 4. The summed E-state index contributed by atoms with van der Waals surface area (Å²) in [7, 11) is -3.73. The first-order valence-corrected chi connectivity index (χ1v) is 10.7. The Labute approximate surface area is 176 Å². The van der Waals surface area contributed by atoms with Crippen molar-refractivity contribution in [3.8, 4) is 5.75 Å². The van der Waals surface area contributed by atoms with Crippen molar-refractivity contribution in [2.45, 2.75) is 11.1 Å². The molecule has 0 atom stereocenters. The maximum absolute atomic E-state index is 12.7. The van der Waals surface area contributed by atoms with Crippen molar-refractivity contribution in [2.75, 3.05) is 32.8 Å². The van der Waals surface area contributed by atoms with Gasteiger partial charge in [-0.1, -0.05) is 23.7 Å². The number of rotatable bonds is 5. The van der Waals surface area contributed by atoms with Crippen LogP contribution in [0.2, 0.25) is 5.02 Å². The van der Waals surface area contributed by atoms with Crippen molar-refractivity contribution < 1.29 is 31.1 Å². The van der Waals surface area contributed by atoms with Crippen molar-refractivity contribution in [1.82, 2.24) is 9.21 Å². The number of ether oxygens (including phenoxy) is 1. The van der Waals surface area contributed by atoms with E-state index in [0.29, 0.717) is 5.02 Å². The van der Waals surface area contributed by atoms with E-state index in [9.17, 15) is 26.4 Å². The summed E-state index contributed by atoms with van der Waals surface area (Å²) in [5.74, 6) is -0.507. The molecule has 1 aliphatic heterocycles. The molecule has 0 aliphatic carbocycles. The van der Waals surface area contributed by atoms with E-state index in [1.807, 2.05) is 0 Å². The fourth-order valence-electron chi connectivity index (χ4n) is 2.95. The molecular formula is C19H18ClF3N2O4S. The number of piperazine rings is 1. The van der Waals surface area contributed by atoms with Crippen LogP contribution in [0.3, 0.4) is 0 Å². The number of amides is 1. The van der Waals surface area contributed by atoms with Crippen LogP contribution >= 0.6 is 11.6 Å². The fraction of sp³-hybridized carbons (Fsp3) is 0.316. The van der Waals surface area contributed by atoms with Crippen molar-refractivity contribution >= 4 is 27.5 Å². The lowest BCUT2D eigenvalue weighted by Crippen LogP contribution is -2.51. The summed E-state index contributed by atoms with van der Waals surface area (Å²) in [5, 5.41) is 0.302. The molecule has 0 N–H and O–H groups in total. The van der Waals surface area contributed by atoms with Crippen LogP contribution in [0.5, 0.6) is 5.75 Å². The van der Waals surface area contributed by atoms with Gasteiger partial charge in [0.1, 0.15) is 5.75 Å². The second-order valence-electron chi connectivity index (χ2n) is 6.56. The fourth-order valence-corrected chi connectivity index (χ4v) is 4.68. The third kappa shape index (κ3) is 5.24. The number of carbonyl (C=O) groups excluding carboxylic acids is 1. The van der Waals surface area contributed by atoms with Gasteiger partial charge < -0.3 is 9.64 Å². The molecule has 0 aromatic heterocycles. The monoisotopic (exact) mass is 462 g/mol. The molecule has 0 spiro atoms. The highest BCUT2D eigenvalue weighted by Crippen LogP contribution is 2.31. The first-order chi connectivity index (χ1) is 14.1. The van der Waals surface area contributed by atoms with Gasteiger partial charge in [-0.05, 0) is 36.4 Å². The average molecular weight is 463 g/mol. The standard InChI is InChI=1S/C19H18ClF3N2O4S/c20-15-4-2-6-17(12-15)30(27,28)25-9-7-24(8-10-25)18(26)13-29-16-5-1-3-14(11-16)19(21,22)23/h1-6,11-12H,7-10,13H2. The molecule has 0 saturated carbocycles. The molecule has 6 nitrogen and oxygen atoms in total. The Balaban J connectivity index is 1.56. The normalized spacial score (nSPS) is 15.8. The Morgan fingerprint density at radius 3 is 2.33 bits per heavy atom. The number of halogens is 4. The van der Waals surface area contributed by atoms with Gasteiger partial charge in [0, 0.05) is 31.2 Å². The quantitative estimate of drug-likeness (QED) is 0.684. The van der Waals surface area contributed by atoms with E-state index in [4.69, 9.17) is 16.3 Å². The summed E-state index contributed by atoms with van der Waals surface area (Å²) < 4.78 is 70.1. The molecule has 1 amide bonds. The zero-order valence-electron chi connectivity index (χ0n) is 15.6. The summed E-state index contributed by atoms with van der Waals surface area (Å²) in [6, 6.07) is 10.2. The van der Waals surface area contributed by atoms with Crippen LogP contribution in [-0.4, -0.2) is 56.3 Å². The van der Waals surface area contributed by atoms with Crippen LogP contribution in [0.1, 0.15) is 5.56 Å². The average Bonchev–Trinajstić information content (AvgIpc) is 2.71. The smallest absolute Gasteiger partial charge is 0.416 e. The maximum atomic E-state index is 12.7. The third-order valence-corrected chi connectivity index (χ3v) is 6.68. The van der Waals surface area contributed by atoms with Crippen molar-refractivity contribution in [3.63, 3.8) is 0 Å². The van der Waals surface area contributed by atoms with Crippen LogP contribution in [0.25, 0.3) is 0 Å². The van der Waals surface area contributed by atoms with E-state index in [1.165, 1.54) is 33.5 Å². The second kappa shape index (κ2) is 8.83. The molecule has 0 unspecified atom stereocenters. The molecule has 0 radical (unpaired) electrons. The topological polar surface area (TPSA) is 66.9 Å². The zero-order valence-corrected chi connectivity index (χ0v) is 17.2. The highest BCUT2D eigenvalue weighted by Gasteiger charge is 2.32. The molecule has 1 fully saturated rings. The maximum Gasteiger partial charge on any atom is 0.416 e. The summed E-state index contributed by atoms with van der Waals surface area (Å²) in [4.78, 5) is 13.8. The van der Waals surface area contributed by atoms with Gasteiger partial charge in [0.15, 0.2) is 6.61 Å². The highest BCUT2D eigenvalue weighted by molar-refractivity contribution is 7.89. The molecule has 1 saturated heterocycles. The van der Waals surface area contributed by atoms with E-state index in [1.54, 1.807) is 12.1 Å². The van der Waals surface area contributed by atoms with E-state index in [-0.39, 0.29) is 36.8 Å². The van der Waals surface area contributed by atoms with E-state index >= 15 is 0 Å². The van der Waals surface area contributed by atoms with Gasteiger partial charge in [0.05, 0.1) is 10.5 Å². The van der Waals surface area contributed by atoms with Gasteiger partial charge in [-0.15, -0.1) is 0 Å². The molecule has 1 heterocycles. The first-order valence-electron chi connectivity index (χ1n) is 8.91. The second-order valence-corrected chi connectivity index (χ2v) is 8.93. The van der Waals surface area contributed by atoms with Gasteiger partial charge >= 0.3 is 6.18 Å². The lowest BCUT2D eigenvalue weighted by atomic mass is 10.2. The Hall–Kier alpha value is -2.30. The number of alkyl halides is 3. The van der Waals surface area contributed by atoms with Gasteiger partial charge in [-0.2, -0.15) is 17.5 Å². The SMILES string of the molecule is O=C(COc1cccc(C(F)(F)F)c1)N1CCN(S(=O)(=O)c2cccc(Cl)c2)CC1. The number of benzene rings is 2. The van der Waals surface area contributed by atoms with Crippen molar-refractivity contribution in [1.29, 1.82) is 0 Å². The lowest BCUT2D eigenvalue weighted by molar-refractivity contribution is -0.137. The minimum absolute atomic E-state index is 0.0691.